The molecule has 2 aliphatic heterocycles. The molecule has 3 rings (SSSR count). The van der Waals surface area contributed by atoms with Crippen molar-refractivity contribution >= 4 is 11.8 Å². The van der Waals surface area contributed by atoms with Gasteiger partial charge in [-0.1, -0.05) is 18.2 Å². The Bertz CT molecular complexity index is 735. The first-order valence-corrected chi connectivity index (χ1v) is 9.23. The van der Waals surface area contributed by atoms with Crippen LogP contribution in [0.1, 0.15) is 32.1 Å². The number of hydrogen-bond acceptors (Lipinski definition) is 5. The van der Waals surface area contributed by atoms with Crippen LogP contribution in [0, 0.1) is 12.3 Å². The minimum absolute atomic E-state index is 0.0367. The molecule has 2 heterocycles. The summed E-state index contributed by atoms with van der Waals surface area (Å²) in [7, 11) is 0. The summed E-state index contributed by atoms with van der Waals surface area (Å²) in [6.07, 6.45) is 7.78. The predicted molar refractivity (Wildman–Crippen MR) is 100.0 cm³/mol. The molecule has 0 bridgehead atoms. The van der Waals surface area contributed by atoms with E-state index in [0.29, 0.717) is 51.8 Å². The van der Waals surface area contributed by atoms with Crippen LogP contribution in [0.2, 0.25) is 0 Å². The zero-order chi connectivity index (χ0) is 19.1. The summed E-state index contributed by atoms with van der Waals surface area (Å²) in [4.78, 5) is 26.0. The lowest BCUT2D eigenvalue weighted by Crippen LogP contribution is -2.38. The summed E-state index contributed by atoms with van der Waals surface area (Å²) in [6.45, 7) is 1.45. The number of ether oxygens (including phenoxy) is 1. The van der Waals surface area contributed by atoms with Gasteiger partial charge in [0.15, 0.2) is 5.66 Å². The molecule has 7 heteroatoms. The van der Waals surface area contributed by atoms with Crippen molar-refractivity contribution in [3.63, 3.8) is 0 Å². The Hall–Kier alpha value is -2.88. The number of benzene rings is 1. The third-order valence-electron chi connectivity index (χ3n) is 4.76. The summed E-state index contributed by atoms with van der Waals surface area (Å²) in [5.41, 5.74) is -0.448. The van der Waals surface area contributed by atoms with Crippen LogP contribution < -0.4 is 10.1 Å². The molecular weight excluding hydrogens is 344 g/mol. The van der Waals surface area contributed by atoms with Crippen molar-refractivity contribution in [1.82, 2.24) is 10.2 Å². The molecule has 7 nitrogen and oxygen atoms in total. The Morgan fingerprint density at radius 1 is 1.33 bits per heavy atom. The Balaban J connectivity index is 1.35. The molecule has 1 unspecified atom stereocenters. The highest BCUT2D eigenvalue weighted by Crippen LogP contribution is 2.37. The minimum atomic E-state index is -0.448. The number of rotatable bonds is 10. The van der Waals surface area contributed by atoms with E-state index >= 15 is 0 Å². The first-order chi connectivity index (χ1) is 13.1. The highest BCUT2D eigenvalue weighted by molar-refractivity contribution is 5.82. The van der Waals surface area contributed by atoms with Crippen molar-refractivity contribution < 1.29 is 14.3 Å². The van der Waals surface area contributed by atoms with E-state index in [0.717, 1.165) is 5.75 Å². The van der Waals surface area contributed by atoms with Gasteiger partial charge in [0.25, 0.3) is 0 Å². The topological polar surface area (TPSA) is 83.4 Å². The van der Waals surface area contributed by atoms with Crippen molar-refractivity contribution in [3.05, 3.63) is 30.3 Å². The van der Waals surface area contributed by atoms with Gasteiger partial charge in [-0.05, 0) is 12.1 Å². The van der Waals surface area contributed by atoms with E-state index in [9.17, 15) is 9.59 Å². The Morgan fingerprint density at radius 2 is 2.11 bits per heavy atom. The molecule has 0 aromatic heterocycles. The van der Waals surface area contributed by atoms with Crippen LogP contribution >= 0.6 is 0 Å². The highest BCUT2D eigenvalue weighted by Gasteiger charge is 2.39. The standard InChI is InChI=1S/C20H24N4O3/c1-2-3-10-20(22-23-20)11-9-18(25)21-16-14-19(26)24(15-16)12-13-27-17-7-5-4-6-8-17/h1,4-8,16H,3,9-15H2,(H,21,25). The summed E-state index contributed by atoms with van der Waals surface area (Å²) >= 11 is 0. The van der Waals surface area contributed by atoms with Crippen LogP contribution in [0.15, 0.2) is 40.6 Å². The summed E-state index contributed by atoms with van der Waals surface area (Å²) in [5.74, 6) is 3.31. The van der Waals surface area contributed by atoms with Gasteiger partial charge in [-0.2, -0.15) is 10.2 Å². The normalized spacial score (nSPS) is 19.6. The minimum Gasteiger partial charge on any atom is -0.492 e. The lowest BCUT2D eigenvalue weighted by Gasteiger charge is -2.17. The fourth-order valence-electron chi connectivity index (χ4n) is 3.16. The van der Waals surface area contributed by atoms with Gasteiger partial charge in [-0.15, -0.1) is 12.3 Å². The zero-order valence-electron chi connectivity index (χ0n) is 15.3. The molecule has 0 radical (unpaired) electrons. The summed E-state index contributed by atoms with van der Waals surface area (Å²) < 4.78 is 5.63. The number of carbonyl (C=O) groups is 2. The quantitative estimate of drug-likeness (QED) is 0.642. The Labute approximate surface area is 159 Å². The van der Waals surface area contributed by atoms with Crippen molar-refractivity contribution in [3.8, 4) is 18.1 Å². The number of nitrogens with zero attached hydrogens (tertiary/aromatic N) is 3. The average molecular weight is 368 g/mol. The van der Waals surface area contributed by atoms with Gasteiger partial charge in [0, 0.05) is 38.6 Å². The summed E-state index contributed by atoms with van der Waals surface area (Å²) in [5, 5.41) is 11.0. The van der Waals surface area contributed by atoms with E-state index < -0.39 is 5.66 Å². The molecular formula is C20H24N4O3. The van der Waals surface area contributed by atoms with E-state index in [4.69, 9.17) is 11.2 Å². The molecule has 1 atom stereocenters. The molecule has 0 aliphatic carbocycles. The molecule has 1 fully saturated rings. The number of nitrogens with one attached hydrogen (secondary N) is 1. The molecule has 27 heavy (non-hydrogen) atoms. The number of para-hydroxylation sites is 1. The molecule has 0 saturated carbocycles. The zero-order valence-corrected chi connectivity index (χ0v) is 15.3. The first kappa shape index (κ1) is 18.9. The van der Waals surface area contributed by atoms with Crippen LogP contribution in [0.3, 0.4) is 0 Å². The fraction of sp³-hybridized carbons (Fsp3) is 0.500. The van der Waals surface area contributed by atoms with Gasteiger partial charge in [0.1, 0.15) is 12.4 Å². The van der Waals surface area contributed by atoms with Gasteiger partial charge < -0.3 is 15.0 Å². The molecule has 1 aromatic carbocycles. The molecule has 1 aromatic rings. The second-order valence-corrected chi connectivity index (χ2v) is 6.86. The van der Waals surface area contributed by atoms with Crippen LogP contribution in [0.4, 0.5) is 0 Å². The van der Waals surface area contributed by atoms with Crippen LogP contribution in [0.25, 0.3) is 0 Å². The van der Waals surface area contributed by atoms with E-state index in [1.54, 1.807) is 4.90 Å². The molecule has 2 aliphatic rings. The van der Waals surface area contributed by atoms with Gasteiger partial charge >= 0.3 is 0 Å². The Kier molecular flexibility index (Phi) is 6.07. The molecule has 1 saturated heterocycles. The molecule has 1 N–H and O–H groups in total. The van der Waals surface area contributed by atoms with E-state index in [-0.39, 0.29) is 17.9 Å². The predicted octanol–water partition coefficient (Wildman–Crippen LogP) is 2.14. The second-order valence-electron chi connectivity index (χ2n) is 6.86. The smallest absolute Gasteiger partial charge is 0.224 e. The fourth-order valence-corrected chi connectivity index (χ4v) is 3.16. The lowest BCUT2D eigenvalue weighted by molar-refractivity contribution is -0.128. The van der Waals surface area contributed by atoms with Gasteiger partial charge in [-0.25, -0.2) is 0 Å². The summed E-state index contributed by atoms with van der Waals surface area (Å²) in [6, 6.07) is 9.33. The number of amides is 2. The monoisotopic (exact) mass is 368 g/mol. The van der Waals surface area contributed by atoms with Gasteiger partial charge in [0.2, 0.25) is 11.8 Å². The largest absolute Gasteiger partial charge is 0.492 e. The number of likely N-dealkylation sites (tertiary alicyclic amines) is 1. The maximum absolute atomic E-state index is 12.2. The Morgan fingerprint density at radius 3 is 2.81 bits per heavy atom. The van der Waals surface area contributed by atoms with E-state index in [2.05, 4.69) is 21.5 Å². The SMILES string of the molecule is C#CCCC1(CCC(=O)NC2CC(=O)N(CCOc3ccccc3)C2)N=N1. The number of carbonyl (C=O) groups excluding carboxylic acids is 2. The van der Waals surface area contributed by atoms with E-state index in [1.165, 1.54) is 0 Å². The van der Waals surface area contributed by atoms with Gasteiger partial charge in [-0.3, -0.25) is 9.59 Å². The molecule has 2 amide bonds. The van der Waals surface area contributed by atoms with Crippen molar-refractivity contribution in [1.29, 1.82) is 0 Å². The maximum Gasteiger partial charge on any atom is 0.224 e. The first-order valence-electron chi connectivity index (χ1n) is 9.23. The van der Waals surface area contributed by atoms with Crippen molar-refractivity contribution in [2.75, 3.05) is 19.7 Å². The van der Waals surface area contributed by atoms with Crippen LogP contribution in [-0.2, 0) is 9.59 Å². The van der Waals surface area contributed by atoms with Crippen molar-refractivity contribution in [2.24, 2.45) is 10.2 Å². The number of terminal acetylenes is 1. The van der Waals surface area contributed by atoms with Gasteiger partial charge in [0.05, 0.1) is 12.6 Å². The second kappa shape index (κ2) is 8.67. The lowest BCUT2D eigenvalue weighted by atomic mass is 10.0. The van der Waals surface area contributed by atoms with E-state index in [1.807, 2.05) is 30.3 Å². The molecule has 142 valence electrons. The highest BCUT2D eigenvalue weighted by atomic mass is 16.5. The number of hydrogen-bond donors (Lipinski definition) is 1. The van der Waals surface area contributed by atoms with Crippen LogP contribution in [0.5, 0.6) is 5.75 Å². The van der Waals surface area contributed by atoms with Crippen LogP contribution in [-0.4, -0.2) is 48.1 Å². The molecule has 0 spiro atoms. The third kappa shape index (κ3) is 5.55. The van der Waals surface area contributed by atoms with Crippen molar-refractivity contribution in [2.45, 2.75) is 43.8 Å². The third-order valence-corrected chi connectivity index (χ3v) is 4.76. The maximum atomic E-state index is 12.2. The average Bonchev–Trinajstić information content (AvgIpc) is 3.37.